The molecule has 1 unspecified atom stereocenters. The maximum absolute atomic E-state index is 12.7. The quantitative estimate of drug-likeness (QED) is 0.694. The topological polar surface area (TPSA) is 46.9 Å². The molecule has 4 heteroatoms. The zero-order chi connectivity index (χ0) is 17.5. The minimum absolute atomic E-state index is 0.0207. The van der Waals surface area contributed by atoms with Crippen molar-refractivity contribution >= 4 is 11.6 Å². The summed E-state index contributed by atoms with van der Waals surface area (Å²) in [6.07, 6.45) is 5.36. The minimum atomic E-state index is -0.135. The molecule has 1 heterocycles. The molecule has 3 aromatic rings. The van der Waals surface area contributed by atoms with E-state index in [-0.39, 0.29) is 11.8 Å². The number of nitrogens with one attached hydrogen (secondary N) is 1. The summed E-state index contributed by atoms with van der Waals surface area (Å²) in [4.78, 5) is 12.7. The lowest BCUT2D eigenvalue weighted by atomic mass is 9.93. The van der Waals surface area contributed by atoms with E-state index in [0.29, 0.717) is 6.54 Å². The predicted octanol–water partition coefficient (Wildman–Crippen LogP) is 4.45. The number of hydrogen-bond acceptors (Lipinski definition) is 2. The highest BCUT2D eigenvalue weighted by molar-refractivity contribution is 5.95. The van der Waals surface area contributed by atoms with Crippen LogP contribution in [0.4, 0.5) is 5.69 Å². The van der Waals surface area contributed by atoms with E-state index in [1.54, 1.807) is 6.20 Å². The third-order valence-electron chi connectivity index (χ3n) is 4.18. The van der Waals surface area contributed by atoms with Crippen molar-refractivity contribution in [3.05, 3.63) is 84.2 Å². The summed E-state index contributed by atoms with van der Waals surface area (Å²) in [5.41, 5.74) is 2.97. The number of benzene rings is 2. The van der Waals surface area contributed by atoms with Crippen molar-refractivity contribution in [2.24, 2.45) is 0 Å². The Bertz CT molecular complexity index is 796. The fraction of sp³-hybridized carbons (Fsp3) is 0.238. The van der Waals surface area contributed by atoms with Gasteiger partial charge in [0.1, 0.15) is 0 Å². The largest absolute Gasteiger partial charge is 0.323 e. The molecule has 2 aromatic carbocycles. The number of rotatable bonds is 7. The van der Waals surface area contributed by atoms with Crippen LogP contribution in [0, 0.1) is 0 Å². The first kappa shape index (κ1) is 17.0. The lowest BCUT2D eigenvalue weighted by Crippen LogP contribution is -2.21. The fourth-order valence-corrected chi connectivity index (χ4v) is 2.94. The predicted molar refractivity (Wildman–Crippen MR) is 100 cm³/mol. The fourth-order valence-electron chi connectivity index (χ4n) is 2.94. The number of nitrogens with zero attached hydrogens (tertiary/aromatic N) is 2. The molecule has 0 aliphatic carbocycles. The van der Waals surface area contributed by atoms with Gasteiger partial charge >= 0.3 is 0 Å². The van der Waals surface area contributed by atoms with Gasteiger partial charge in [-0.25, -0.2) is 0 Å². The zero-order valence-corrected chi connectivity index (χ0v) is 14.4. The van der Waals surface area contributed by atoms with Gasteiger partial charge in [0.25, 0.3) is 0 Å². The first-order valence-electron chi connectivity index (χ1n) is 8.68. The SMILES string of the molecule is CCCC(C(=O)Nc1cnn(Cc2ccccc2)c1)c1ccccc1. The van der Waals surface area contributed by atoms with Gasteiger partial charge in [0, 0.05) is 6.20 Å². The third kappa shape index (κ3) is 4.57. The van der Waals surface area contributed by atoms with Crippen LogP contribution in [0.2, 0.25) is 0 Å². The normalized spacial score (nSPS) is 11.9. The molecule has 1 aromatic heterocycles. The van der Waals surface area contributed by atoms with Crippen LogP contribution < -0.4 is 5.32 Å². The number of aromatic nitrogens is 2. The van der Waals surface area contributed by atoms with Gasteiger partial charge in [-0.05, 0) is 17.5 Å². The van der Waals surface area contributed by atoms with Crippen LogP contribution in [-0.4, -0.2) is 15.7 Å². The Morgan fingerprint density at radius 1 is 1.08 bits per heavy atom. The Kier molecular flexibility index (Phi) is 5.62. The molecule has 0 saturated heterocycles. The number of amides is 1. The molecule has 0 saturated carbocycles. The van der Waals surface area contributed by atoms with Crippen LogP contribution in [0.5, 0.6) is 0 Å². The molecule has 25 heavy (non-hydrogen) atoms. The molecule has 0 fully saturated rings. The molecule has 4 nitrogen and oxygen atoms in total. The monoisotopic (exact) mass is 333 g/mol. The average Bonchev–Trinajstić information content (AvgIpc) is 3.08. The van der Waals surface area contributed by atoms with Gasteiger partial charge in [-0.2, -0.15) is 5.10 Å². The van der Waals surface area contributed by atoms with Gasteiger partial charge in [0.2, 0.25) is 5.91 Å². The maximum Gasteiger partial charge on any atom is 0.231 e. The van der Waals surface area contributed by atoms with Crippen LogP contribution in [0.1, 0.15) is 36.8 Å². The van der Waals surface area contributed by atoms with Crippen molar-refractivity contribution in [3.8, 4) is 0 Å². The summed E-state index contributed by atoms with van der Waals surface area (Å²) >= 11 is 0. The number of hydrogen-bond donors (Lipinski definition) is 1. The molecule has 128 valence electrons. The highest BCUT2D eigenvalue weighted by atomic mass is 16.1. The van der Waals surface area contributed by atoms with Gasteiger partial charge in [-0.1, -0.05) is 74.0 Å². The van der Waals surface area contributed by atoms with Gasteiger partial charge in [0.15, 0.2) is 0 Å². The van der Waals surface area contributed by atoms with Crippen molar-refractivity contribution in [1.82, 2.24) is 9.78 Å². The second kappa shape index (κ2) is 8.29. The minimum Gasteiger partial charge on any atom is -0.323 e. The van der Waals surface area contributed by atoms with Crippen LogP contribution in [0.25, 0.3) is 0 Å². The average molecular weight is 333 g/mol. The van der Waals surface area contributed by atoms with E-state index >= 15 is 0 Å². The second-order valence-electron chi connectivity index (χ2n) is 6.15. The highest BCUT2D eigenvalue weighted by Crippen LogP contribution is 2.23. The van der Waals surface area contributed by atoms with Crippen molar-refractivity contribution < 1.29 is 4.79 Å². The first-order chi connectivity index (χ1) is 12.3. The Hall–Kier alpha value is -2.88. The zero-order valence-electron chi connectivity index (χ0n) is 14.4. The van der Waals surface area contributed by atoms with Crippen LogP contribution in [0.3, 0.4) is 0 Å². The summed E-state index contributed by atoms with van der Waals surface area (Å²) in [6, 6.07) is 20.1. The Labute approximate surface area is 148 Å². The highest BCUT2D eigenvalue weighted by Gasteiger charge is 2.20. The molecule has 1 N–H and O–H groups in total. The summed E-state index contributed by atoms with van der Waals surface area (Å²) in [5, 5.41) is 7.35. The summed E-state index contributed by atoms with van der Waals surface area (Å²) in [6.45, 7) is 2.79. The molecule has 0 bridgehead atoms. The number of carbonyl (C=O) groups excluding carboxylic acids is 1. The summed E-state index contributed by atoms with van der Waals surface area (Å²) in [5.74, 6) is -0.115. The molecule has 0 aliphatic heterocycles. The van der Waals surface area contributed by atoms with Gasteiger partial charge in [0.05, 0.1) is 24.3 Å². The van der Waals surface area contributed by atoms with Crippen LogP contribution >= 0.6 is 0 Å². The van der Waals surface area contributed by atoms with E-state index in [2.05, 4.69) is 29.5 Å². The lowest BCUT2D eigenvalue weighted by molar-refractivity contribution is -0.117. The molecule has 0 spiro atoms. The second-order valence-corrected chi connectivity index (χ2v) is 6.15. The van der Waals surface area contributed by atoms with E-state index in [4.69, 9.17) is 0 Å². The van der Waals surface area contributed by atoms with Crippen molar-refractivity contribution in [2.45, 2.75) is 32.2 Å². The Balaban J connectivity index is 1.67. The molecular formula is C21H23N3O. The molecule has 1 atom stereocenters. The first-order valence-corrected chi connectivity index (χ1v) is 8.68. The van der Waals surface area contributed by atoms with Crippen molar-refractivity contribution in [3.63, 3.8) is 0 Å². The van der Waals surface area contributed by atoms with E-state index in [1.807, 2.05) is 59.4 Å². The van der Waals surface area contributed by atoms with Crippen molar-refractivity contribution in [2.75, 3.05) is 5.32 Å². The molecular weight excluding hydrogens is 310 g/mol. The van der Waals surface area contributed by atoms with Gasteiger partial charge < -0.3 is 5.32 Å². The van der Waals surface area contributed by atoms with Crippen LogP contribution in [0.15, 0.2) is 73.1 Å². The van der Waals surface area contributed by atoms with Gasteiger partial charge in [-0.3, -0.25) is 9.48 Å². The number of carbonyl (C=O) groups is 1. The Morgan fingerprint density at radius 3 is 2.44 bits per heavy atom. The third-order valence-corrected chi connectivity index (χ3v) is 4.18. The molecule has 0 aliphatic rings. The van der Waals surface area contributed by atoms with Gasteiger partial charge in [-0.15, -0.1) is 0 Å². The van der Waals surface area contributed by atoms with E-state index < -0.39 is 0 Å². The van der Waals surface area contributed by atoms with E-state index in [9.17, 15) is 4.79 Å². The van der Waals surface area contributed by atoms with E-state index in [1.165, 1.54) is 5.56 Å². The molecule has 0 radical (unpaired) electrons. The lowest BCUT2D eigenvalue weighted by Gasteiger charge is -2.15. The van der Waals surface area contributed by atoms with E-state index in [0.717, 1.165) is 24.1 Å². The van der Waals surface area contributed by atoms with Crippen LogP contribution in [-0.2, 0) is 11.3 Å². The maximum atomic E-state index is 12.7. The smallest absolute Gasteiger partial charge is 0.231 e. The molecule has 1 amide bonds. The summed E-state index contributed by atoms with van der Waals surface area (Å²) < 4.78 is 1.84. The van der Waals surface area contributed by atoms with Crippen molar-refractivity contribution in [1.29, 1.82) is 0 Å². The number of anilines is 1. The molecule has 3 rings (SSSR count). The Morgan fingerprint density at radius 2 is 1.76 bits per heavy atom. The summed E-state index contributed by atoms with van der Waals surface area (Å²) in [7, 11) is 0. The standard InChI is InChI=1S/C21H23N3O/c1-2-9-20(18-12-7-4-8-13-18)21(25)23-19-14-22-24(16-19)15-17-10-5-3-6-11-17/h3-8,10-14,16,20H,2,9,15H2,1H3,(H,23,25).